The van der Waals surface area contributed by atoms with E-state index in [4.69, 9.17) is 9.47 Å². The molecule has 1 saturated heterocycles. The van der Waals surface area contributed by atoms with Gasteiger partial charge in [0.05, 0.1) is 0 Å². The number of aryl methyl sites for hydroxylation is 1. The number of unbranched alkanes of at least 4 members (excludes halogenated alkanes) is 2. The monoisotopic (exact) mass is 534 g/mol. The molecule has 0 radical (unpaired) electrons. The second kappa shape index (κ2) is 13.2. The number of piperidine rings is 1. The van der Waals surface area contributed by atoms with Gasteiger partial charge in [-0.2, -0.15) is 0 Å². The van der Waals surface area contributed by atoms with Gasteiger partial charge in [0.1, 0.15) is 11.9 Å². The molecule has 4 unspecified atom stereocenters. The Morgan fingerprint density at radius 2 is 1.79 bits per heavy atom. The first-order chi connectivity index (χ1) is 18.7. The van der Waals surface area contributed by atoms with Gasteiger partial charge in [-0.15, -0.1) is 0 Å². The molecule has 1 heterocycles. The molecule has 7 nitrogen and oxygen atoms in total. The van der Waals surface area contributed by atoms with Gasteiger partial charge in [-0.05, 0) is 69.0 Å². The summed E-state index contributed by atoms with van der Waals surface area (Å²) in [5.41, 5.74) is 2.09. The molecule has 39 heavy (non-hydrogen) atoms. The molecule has 0 bridgehead atoms. The quantitative estimate of drug-likeness (QED) is 0.267. The van der Waals surface area contributed by atoms with Crippen LogP contribution in [-0.4, -0.2) is 55.0 Å². The predicted octanol–water partition coefficient (Wildman–Crippen LogP) is 4.81. The van der Waals surface area contributed by atoms with E-state index >= 15 is 0 Å². The number of ether oxygens (including phenoxy) is 2. The number of carbonyl (C=O) groups excluding carboxylic acids is 3. The zero-order valence-corrected chi connectivity index (χ0v) is 23.5. The maximum atomic E-state index is 13.0. The molecule has 1 aliphatic heterocycles. The average molecular weight is 535 g/mol. The number of carbonyl (C=O) groups is 3. The summed E-state index contributed by atoms with van der Waals surface area (Å²) < 4.78 is 11.3. The SMILES string of the molecule is CC(=O)Oc1cccc(C23CCN(C)CC2C(OC(C)=O)CC(NC(=O)CCCCCc2ccccc2)C3)c1. The van der Waals surface area contributed by atoms with Crippen molar-refractivity contribution < 1.29 is 23.9 Å². The Kier molecular flexibility index (Phi) is 9.78. The van der Waals surface area contributed by atoms with Gasteiger partial charge in [0.15, 0.2) is 0 Å². The van der Waals surface area contributed by atoms with Crippen molar-refractivity contribution in [1.82, 2.24) is 10.2 Å². The van der Waals surface area contributed by atoms with Gasteiger partial charge >= 0.3 is 11.9 Å². The summed E-state index contributed by atoms with van der Waals surface area (Å²) in [5.74, 6) is -0.0332. The summed E-state index contributed by atoms with van der Waals surface area (Å²) in [6.07, 6.45) is 6.34. The number of esters is 2. The van der Waals surface area contributed by atoms with E-state index in [1.807, 2.05) is 18.2 Å². The van der Waals surface area contributed by atoms with Crippen molar-refractivity contribution >= 4 is 17.8 Å². The van der Waals surface area contributed by atoms with Crippen molar-refractivity contribution in [3.63, 3.8) is 0 Å². The number of benzene rings is 2. The van der Waals surface area contributed by atoms with E-state index in [9.17, 15) is 14.4 Å². The van der Waals surface area contributed by atoms with E-state index in [0.717, 1.165) is 57.2 Å². The third-order valence-electron chi connectivity index (χ3n) is 8.30. The zero-order valence-electron chi connectivity index (χ0n) is 23.5. The molecule has 2 aliphatic rings. The van der Waals surface area contributed by atoms with Crippen LogP contribution >= 0.6 is 0 Å². The van der Waals surface area contributed by atoms with Crippen molar-refractivity contribution in [3.8, 4) is 5.75 Å². The molecule has 210 valence electrons. The number of hydrogen-bond acceptors (Lipinski definition) is 6. The number of likely N-dealkylation sites (tertiary alicyclic amines) is 1. The summed E-state index contributed by atoms with van der Waals surface area (Å²) in [6, 6.07) is 18.0. The lowest BCUT2D eigenvalue weighted by atomic mass is 9.57. The molecule has 2 aromatic rings. The maximum Gasteiger partial charge on any atom is 0.308 e. The molecular weight excluding hydrogens is 492 g/mol. The Labute approximate surface area is 232 Å². The molecule has 1 aliphatic carbocycles. The Morgan fingerprint density at radius 1 is 1.00 bits per heavy atom. The van der Waals surface area contributed by atoms with Crippen LogP contribution in [-0.2, 0) is 31.0 Å². The summed E-state index contributed by atoms with van der Waals surface area (Å²) >= 11 is 0. The Morgan fingerprint density at radius 3 is 2.54 bits per heavy atom. The van der Waals surface area contributed by atoms with Crippen LogP contribution in [0.15, 0.2) is 54.6 Å². The Hall–Kier alpha value is -3.19. The van der Waals surface area contributed by atoms with Crippen LogP contribution in [0.5, 0.6) is 5.75 Å². The minimum absolute atomic E-state index is 0.0523. The highest BCUT2D eigenvalue weighted by Gasteiger charge is 2.53. The fourth-order valence-electron chi connectivity index (χ4n) is 6.57. The molecular formula is C32H42N2O5. The van der Waals surface area contributed by atoms with Gasteiger partial charge in [-0.1, -0.05) is 48.9 Å². The van der Waals surface area contributed by atoms with E-state index < -0.39 is 0 Å². The minimum atomic E-state index is -0.361. The highest BCUT2D eigenvalue weighted by Crippen LogP contribution is 2.50. The molecule has 4 rings (SSSR count). The summed E-state index contributed by atoms with van der Waals surface area (Å²) in [4.78, 5) is 39.1. The Bertz CT molecular complexity index is 1140. The van der Waals surface area contributed by atoms with Crippen LogP contribution in [0, 0.1) is 5.92 Å². The van der Waals surface area contributed by atoms with Crippen LogP contribution in [0.4, 0.5) is 0 Å². The maximum absolute atomic E-state index is 13.0. The average Bonchev–Trinajstić information content (AvgIpc) is 2.89. The molecule has 4 atom stereocenters. The lowest BCUT2D eigenvalue weighted by Gasteiger charge is -2.55. The van der Waals surface area contributed by atoms with Crippen LogP contribution < -0.4 is 10.1 Å². The first-order valence-electron chi connectivity index (χ1n) is 14.2. The summed E-state index contributed by atoms with van der Waals surface area (Å²) in [7, 11) is 2.09. The van der Waals surface area contributed by atoms with E-state index in [1.165, 1.54) is 19.4 Å². The minimum Gasteiger partial charge on any atom is -0.462 e. The lowest BCUT2D eigenvalue weighted by Crippen LogP contribution is -2.61. The highest BCUT2D eigenvalue weighted by atomic mass is 16.5. The lowest BCUT2D eigenvalue weighted by molar-refractivity contribution is -0.157. The van der Waals surface area contributed by atoms with E-state index in [1.54, 1.807) is 6.07 Å². The van der Waals surface area contributed by atoms with E-state index in [-0.39, 0.29) is 41.3 Å². The van der Waals surface area contributed by atoms with E-state index in [2.05, 4.69) is 47.6 Å². The normalized spacial score (nSPS) is 24.8. The topological polar surface area (TPSA) is 84.9 Å². The van der Waals surface area contributed by atoms with Crippen molar-refractivity contribution in [2.24, 2.45) is 5.92 Å². The summed E-state index contributed by atoms with van der Waals surface area (Å²) in [6.45, 7) is 4.53. The van der Waals surface area contributed by atoms with Gasteiger partial charge in [0.2, 0.25) is 5.91 Å². The molecule has 1 amide bonds. The second-order valence-corrected chi connectivity index (χ2v) is 11.3. The third-order valence-corrected chi connectivity index (χ3v) is 8.30. The van der Waals surface area contributed by atoms with Crippen LogP contribution in [0.1, 0.15) is 69.9 Å². The number of nitrogens with zero attached hydrogens (tertiary/aromatic N) is 1. The van der Waals surface area contributed by atoms with Gasteiger partial charge in [0.25, 0.3) is 0 Å². The van der Waals surface area contributed by atoms with Gasteiger partial charge < -0.3 is 19.7 Å². The number of nitrogens with one attached hydrogen (secondary N) is 1. The van der Waals surface area contributed by atoms with Gasteiger partial charge in [-0.3, -0.25) is 14.4 Å². The van der Waals surface area contributed by atoms with Crippen molar-refractivity contribution in [3.05, 3.63) is 65.7 Å². The van der Waals surface area contributed by atoms with Crippen LogP contribution in [0.25, 0.3) is 0 Å². The number of hydrogen-bond donors (Lipinski definition) is 1. The summed E-state index contributed by atoms with van der Waals surface area (Å²) in [5, 5.41) is 3.29. The molecule has 2 aromatic carbocycles. The first kappa shape index (κ1) is 28.8. The zero-order chi connectivity index (χ0) is 27.8. The van der Waals surface area contributed by atoms with Crippen molar-refractivity contribution in [2.45, 2.75) is 82.8 Å². The van der Waals surface area contributed by atoms with Gasteiger partial charge in [0, 0.05) is 50.6 Å². The largest absolute Gasteiger partial charge is 0.462 e. The molecule has 2 fully saturated rings. The molecule has 0 spiro atoms. The van der Waals surface area contributed by atoms with Crippen molar-refractivity contribution in [1.29, 1.82) is 0 Å². The predicted molar refractivity (Wildman–Crippen MR) is 150 cm³/mol. The number of rotatable bonds is 10. The smallest absolute Gasteiger partial charge is 0.308 e. The van der Waals surface area contributed by atoms with E-state index in [0.29, 0.717) is 18.6 Å². The van der Waals surface area contributed by atoms with Crippen LogP contribution in [0.2, 0.25) is 0 Å². The van der Waals surface area contributed by atoms with Crippen LogP contribution in [0.3, 0.4) is 0 Å². The Balaban J connectivity index is 1.46. The molecule has 1 N–H and O–H groups in total. The fraction of sp³-hybridized carbons (Fsp3) is 0.531. The number of amides is 1. The van der Waals surface area contributed by atoms with Gasteiger partial charge in [-0.25, -0.2) is 0 Å². The third kappa shape index (κ3) is 7.69. The standard InChI is InChI=1S/C32H42N2O5/c1-23(35)38-28-15-10-14-26(19-28)32-17-18-34(3)22-29(32)30(39-24(2)36)20-27(21-32)33-31(37)16-9-5-8-13-25-11-6-4-7-12-25/h4,6-7,10-12,14-15,19,27,29-30H,5,8-9,13,16-18,20-22H2,1-3H3,(H,33,37). The first-order valence-corrected chi connectivity index (χ1v) is 14.2. The van der Waals surface area contributed by atoms with Crippen molar-refractivity contribution in [2.75, 3.05) is 20.1 Å². The number of fused-ring (bicyclic) bond motifs is 1. The molecule has 0 aromatic heterocycles. The highest BCUT2D eigenvalue weighted by molar-refractivity contribution is 5.76. The fourth-order valence-corrected chi connectivity index (χ4v) is 6.57. The second-order valence-electron chi connectivity index (χ2n) is 11.3. The molecule has 7 heteroatoms. The molecule has 1 saturated carbocycles.